The summed E-state index contributed by atoms with van der Waals surface area (Å²) < 4.78 is 0. The van der Waals surface area contributed by atoms with E-state index in [4.69, 9.17) is 0 Å². The van der Waals surface area contributed by atoms with Crippen molar-refractivity contribution >= 4 is 32.3 Å². The molecule has 0 N–H and O–H groups in total. The minimum absolute atomic E-state index is 1.03. The molecular formula is C36H25N. The molecule has 7 rings (SSSR count). The van der Waals surface area contributed by atoms with E-state index in [9.17, 15) is 0 Å². The molecule has 174 valence electrons. The van der Waals surface area contributed by atoms with Gasteiger partial charge in [-0.05, 0) is 73.1 Å². The van der Waals surface area contributed by atoms with Crippen LogP contribution in [0.25, 0.3) is 65.7 Å². The Bertz CT molecular complexity index is 1850. The summed E-state index contributed by atoms with van der Waals surface area (Å²) in [5.41, 5.74) is 8.43. The van der Waals surface area contributed by atoms with E-state index in [1.807, 2.05) is 13.1 Å². The normalized spacial score (nSPS) is 11.4. The van der Waals surface area contributed by atoms with Gasteiger partial charge in [0, 0.05) is 17.5 Å². The summed E-state index contributed by atoms with van der Waals surface area (Å²) in [6, 6.07) is 46.1. The summed E-state index contributed by atoms with van der Waals surface area (Å²) in [4.78, 5) is 4.48. The van der Waals surface area contributed by atoms with Gasteiger partial charge in [-0.2, -0.15) is 0 Å². The number of aryl methyl sites for hydroxylation is 1. The van der Waals surface area contributed by atoms with Crippen LogP contribution < -0.4 is 0 Å². The Morgan fingerprint density at radius 2 is 0.919 bits per heavy atom. The molecule has 6 aromatic carbocycles. The van der Waals surface area contributed by atoms with Crippen molar-refractivity contribution in [2.75, 3.05) is 0 Å². The summed E-state index contributed by atoms with van der Waals surface area (Å²) in [7, 11) is 0. The number of fused-ring (bicyclic) bond motifs is 3. The van der Waals surface area contributed by atoms with Crippen molar-refractivity contribution in [2.24, 2.45) is 0 Å². The van der Waals surface area contributed by atoms with E-state index in [0.29, 0.717) is 0 Å². The van der Waals surface area contributed by atoms with Gasteiger partial charge in [-0.1, -0.05) is 121 Å². The van der Waals surface area contributed by atoms with Gasteiger partial charge in [-0.3, -0.25) is 4.98 Å². The number of hydrogen-bond donors (Lipinski definition) is 0. The maximum Gasteiger partial charge on any atom is 0.0373 e. The molecule has 0 spiro atoms. The third kappa shape index (κ3) is 3.59. The molecule has 0 radical (unpaired) electrons. The first kappa shape index (κ1) is 21.5. The van der Waals surface area contributed by atoms with Gasteiger partial charge in [0.1, 0.15) is 0 Å². The Morgan fingerprint density at radius 1 is 0.405 bits per heavy atom. The van der Waals surface area contributed by atoms with Crippen molar-refractivity contribution in [3.63, 3.8) is 0 Å². The van der Waals surface area contributed by atoms with Crippen LogP contribution in [0.4, 0.5) is 0 Å². The SMILES string of the molecule is Cc1ccc(-c2ccc(-c3c4ccccc4c(-c4cccc5ccccc45)c4ccccc34)cc2)cn1. The van der Waals surface area contributed by atoms with Crippen LogP contribution in [-0.2, 0) is 0 Å². The lowest BCUT2D eigenvalue weighted by Crippen LogP contribution is -1.91. The van der Waals surface area contributed by atoms with Crippen molar-refractivity contribution < 1.29 is 0 Å². The number of benzene rings is 6. The number of pyridine rings is 1. The molecule has 0 aliphatic carbocycles. The van der Waals surface area contributed by atoms with E-state index >= 15 is 0 Å². The lowest BCUT2D eigenvalue weighted by Gasteiger charge is -2.19. The van der Waals surface area contributed by atoms with Gasteiger partial charge in [0.2, 0.25) is 0 Å². The zero-order chi connectivity index (χ0) is 24.8. The summed E-state index contributed by atoms with van der Waals surface area (Å²) in [6.45, 7) is 2.02. The molecule has 0 bridgehead atoms. The van der Waals surface area contributed by atoms with Gasteiger partial charge in [-0.15, -0.1) is 0 Å². The lowest BCUT2D eigenvalue weighted by molar-refractivity contribution is 1.20. The quantitative estimate of drug-likeness (QED) is 0.234. The number of rotatable bonds is 3. The average molecular weight is 472 g/mol. The summed E-state index contributed by atoms with van der Waals surface area (Å²) >= 11 is 0. The molecule has 0 atom stereocenters. The standard InChI is InChI=1S/C36H25N/c1-24-17-18-28(23-37-24)25-19-21-27(22-20-25)35-31-12-4-6-14-33(31)36(34-15-7-5-13-32(34)35)30-16-8-10-26-9-2-3-11-29(26)30/h2-23H,1H3. The van der Waals surface area contributed by atoms with Gasteiger partial charge >= 0.3 is 0 Å². The first-order chi connectivity index (χ1) is 18.3. The summed E-state index contributed by atoms with van der Waals surface area (Å²) in [5.74, 6) is 0. The minimum atomic E-state index is 1.03. The van der Waals surface area contributed by atoms with E-state index in [0.717, 1.165) is 11.3 Å². The Morgan fingerprint density at radius 3 is 1.54 bits per heavy atom. The fourth-order valence-corrected chi connectivity index (χ4v) is 5.64. The topological polar surface area (TPSA) is 12.9 Å². The van der Waals surface area contributed by atoms with E-state index in [1.54, 1.807) is 0 Å². The molecule has 0 amide bonds. The second-order valence-corrected chi connectivity index (χ2v) is 9.63. The molecular weight excluding hydrogens is 446 g/mol. The fraction of sp³-hybridized carbons (Fsp3) is 0.0278. The van der Waals surface area contributed by atoms with Gasteiger partial charge < -0.3 is 0 Å². The van der Waals surface area contributed by atoms with Crippen molar-refractivity contribution in [1.82, 2.24) is 4.98 Å². The van der Waals surface area contributed by atoms with Gasteiger partial charge in [0.25, 0.3) is 0 Å². The predicted octanol–water partition coefficient (Wildman–Crippen LogP) is 9.85. The highest BCUT2D eigenvalue weighted by Gasteiger charge is 2.17. The Hall–Kier alpha value is -4.75. The van der Waals surface area contributed by atoms with Crippen molar-refractivity contribution in [2.45, 2.75) is 6.92 Å². The number of hydrogen-bond acceptors (Lipinski definition) is 1. The Kier molecular flexibility index (Phi) is 5.08. The third-order valence-corrected chi connectivity index (χ3v) is 7.41. The Labute approximate surface area is 216 Å². The number of aromatic nitrogens is 1. The van der Waals surface area contributed by atoms with E-state index in [1.165, 1.54) is 60.1 Å². The monoisotopic (exact) mass is 471 g/mol. The molecule has 0 unspecified atom stereocenters. The first-order valence-electron chi connectivity index (χ1n) is 12.7. The molecule has 1 nitrogen and oxygen atoms in total. The highest BCUT2D eigenvalue weighted by molar-refractivity contribution is 6.23. The third-order valence-electron chi connectivity index (χ3n) is 7.41. The molecule has 1 heteroatoms. The van der Waals surface area contributed by atoms with Crippen LogP contribution in [0.1, 0.15) is 5.69 Å². The summed E-state index contributed by atoms with van der Waals surface area (Å²) in [6.07, 6.45) is 1.95. The van der Waals surface area contributed by atoms with E-state index < -0.39 is 0 Å². The second-order valence-electron chi connectivity index (χ2n) is 9.63. The molecule has 1 aromatic heterocycles. The molecule has 37 heavy (non-hydrogen) atoms. The first-order valence-corrected chi connectivity index (χ1v) is 12.7. The molecule has 0 aliphatic heterocycles. The molecule has 0 saturated heterocycles. The van der Waals surface area contributed by atoms with E-state index in [-0.39, 0.29) is 0 Å². The zero-order valence-corrected chi connectivity index (χ0v) is 20.6. The maximum absolute atomic E-state index is 4.48. The van der Waals surface area contributed by atoms with Crippen LogP contribution in [0.15, 0.2) is 134 Å². The average Bonchev–Trinajstić information content (AvgIpc) is 2.96. The highest BCUT2D eigenvalue weighted by Crippen LogP contribution is 2.45. The highest BCUT2D eigenvalue weighted by atomic mass is 14.7. The van der Waals surface area contributed by atoms with Crippen molar-refractivity contribution in [3.8, 4) is 33.4 Å². The van der Waals surface area contributed by atoms with Crippen molar-refractivity contribution in [1.29, 1.82) is 0 Å². The summed E-state index contributed by atoms with van der Waals surface area (Å²) in [5, 5.41) is 7.64. The minimum Gasteiger partial charge on any atom is -0.261 e. The number of nitrogens with zero attached hydrogens (tertiary/aromatic N) is 1. The second kappa shape index (κ2) is 8.72. The molecule has 7 aromatic rings. The van der Waals surface area contributed by atoms with Crippen LogP contribution in [0.5, 0.6) is 0 Å². The predicted molar refractivity (Wildman–Crippen MR) is 158 cm³/mol. The van der Waals surface area contributed by atoms with E-state index in [2.05, 4.69) is 132 Å². The fourth-order valence-electron chi connectivity index (χ4n) is 5.64. The largest absolute Gasteiger partial charge is 0.261 e. The lowest BCUT2D eigenvalue weighted by atomic mass is 9.84. The molecule has 0 saturated carbocycles. The Balaban J connectivity index is 1.51. The van der Waals surface area contributed by atoms with Gasteiger partial charge in [0.05, 0.1) is 0 Å². The molecule has 0 fully saturated rings. The van der Waals surface area contributed by atoms with Crippen LogP contribution in [0, 0.1) is 6.92 Å². The zero-order valence-electron chi connectivity index (χ0n) is 20.6. The van der Waals surface area contributed by atoms with Crippen LogP contribution in [0.3, 0.4) is 0 Å². The maximum atomic E-state index is 4.48. The molecule has 1 heterocycles. The van der Waals surface area contributed by atoms with Crippen molar-refractivity contribution in [3.05, 3.63) is 139 Å². The van der Waals surface area contributed by atoms with Gasteiger partial charge in [-0.25, -0.2) is 0 Å². The smallest absolute Gasteiger partial charge is 0.0373 e. The molecule has 0 aliphatic rings. The van der Waals surface area contributed by atoms with Crippen LogP contribution in [-0.4, -0.2) is 4.98 Å². The van der Waals surface area contributed by atoms with Gasteiger partial charge in [0.15, 0.2) is 0 Å². The van der Waals surface area contributed by atoms with Crippen LogP contribution >= 0.6 is 0 Å². The van der Waals surface area contributed by atoms with Crippen LogP contribution in [0.2, 0.25) is 0 Å².